The molecule has 0 aliphatic rings. The Balaban J connectivity index is 1.58. The van der Waals surface area contributed by atoms with Crippen LogP contribution in [-0.4, -0.2) is 29.8 Å². The van der Waals surface area contributed by atoms with E-state index < -0.39 is 0 Å². The van der Waals surface area contributed by atoms with Crippen molar-refractivity contribution >= 4 is 11.6 Å². The minimum absolute atomic E-state index is 0.584. The van der Waals surface area contributed by atoms with Crippen LogP contribution in [0.5, 0.6) is 0 Å². The third-order valence-electron chi connectivity index (χ3n) is 2.92. The van der Waals surface area contributed by atoms with E-state index >= 15 is 0 Å². The number of hydrogen-bond donors (Lipinski definition) is 0. The van der Waals surface area contributed by atoms with Gasteiger partial charge in [-0.15, -0.1) is 5.10 Å². The van der Waals surface area contributed by atoms with Gasteiger partial charge in [0.25, 0.3) is 0 Å². The number of aryl methyl sites for hydroxylation is 2. The Labute approximate surface area is 121 Å². The third kappa shape index (κ3) is 3.21. The zero-order valence-electron chi connectivity index (χ0n) is 10.7. The first-order valence-electron chi connectivity index (χ1n) is 6.25. The molecule has 3 aromatic rings. The topological polar surface area (TPSA) is 61.4 Å². The fourth-order valence-electron chi connectivity index (χ4n) is 1.90. The molecular weight excluding hydrogens is 276 g/mol. The molecule has 6 nitrogen and oxygen atoms in total. The Morgan fingerprint density at radius 2 is 1.95 bits per heavy atom. The summed E-state index contributed by atoms with van der Waals surface area (Å²) in [5, 5.41) is 13.0. The van der Waals surface area contributed by atoms with E-state index in [1.54, 1.807) is 11.0 Å². The molecule has 0 atom stereocenters. The molecule has 3 rings (SSSR count). The summed E-state index contributed by atoms with van der Waals surface area (Å²) in [6.07, 6.45) is 5.98. The number of nitrogens with zero attached hydrogens (tertiary/aromatic N) is 6. The van der Waals surface area contributed by atoms with Crippen molar-refractivity contribution < 1.29 is 0 Å². The molecule has 0 amide bonds. The van der Waals surface area contributed by atoms with E-state index in [1.807, 2.05) is 35.1 Å². The van der Waals surface area contributed by atoms with Crippen molar-refractivity contribution in [2.75, 3.05) is 0 Å². The molecule has 2 heterocycles. The largest absolute Gasteiger partial charge is 0.252 e. The van der Waals surface area contributed by atoms with Gasteiger partial charge in [-0.05, 0) is 24.1 Å². The molecule has 0 fully saturated rings. The lowest BCUT2D eigenvalue weighted by molar-refractivity contribution is 0.589. The Morgan fingerprint density at radius 3 is 2.70 bits per heavy atom. The zero-order valence-corrected chi connectivity index (χ0v) is 11.5. The van der Waals surface area contributed by atoms with Gasteiger partial charge in [-0.2, -0.15) is 5.10 Å². The first kappa shape index (κ1) is 12.8. The minimum atomic E-state index is 0.584. The molecule has 0 unspecified atom stereocenters. The Hall–Kier alpha value is -2.21. The number of benzene rings is 1. The van der Waals surface area contributed by atoms with Gasteiger partial charge in [0.1, 0.15) is 18.3 Å². The quantitative estimate of drug-likeness (QED) is 0.718. The first-order chi connectivity index (χ1) is 9.79. The van der Waals surface area contributed by atoms with Crippen molar-refractivity contribution in [1.29, 1.82) is 0 Å². The van der Waals surface area contributed by atoms with Crippen LogP contribution in [0, 0.1) is 0 Å². The van der Waals surface area contributed by atoms with Crippen LogP contribution in [0.15, 0.2) is 43.1 Å². The normalized spacial score (nSPS) is 10.8. The first-order valence-corrected chi connectivity index (χ1v) is 6.63. The highest BCUT2D eigenvalue weighted by molar-refractivity contribution is 6.30. The maximum absolute atomic E-state index is 5.86. The van der Waals surface area contributed by atoms with Crippen LogP contribution in [-0.2, 0) is 19.5 Å². The summed E-state index contributed by atoms with van der Waals surface area (Å²) in [7, 11) is 0. The van der Waals surface area contributed by atoms with Crippen LogP contribution in [0.4, 0.5) is 0 Å². The van der Waals surface area contributed by atoms with Gasteiger partial charge in [0.15, 0.2) is 0 Å². The summed E-state index contributed by atoms with van der Waals surface area (Å²) >= 11 is 5.86. The monoisotopic (exact) mass is 288 g/mol. The molecule has 0 saturated heterocycles. The van der Waals surface area contributed by atoms with Crippen LogP contribution in [0.25, 0.3) is 0 Å². The summed E-state index contributed by atoms with van der Waals surface area (Å²) in [4.78, 5) is 3.89. The molecule has 0 radical (unpaired) electrons. The molecule has 102 valence electrons. The average Bonchev–Trinajstić information content (AvgIpc) is 3.11. The highest BCUT2D eigenvalue weighted by atomic mass is 35.5. The van der Waals surface area contributed by atoms with Crippen molar-refractivity contribution in [3.63, 3.8) is 0 Å². The van der Waals surface area contributed by atoms with E-state index in [2.05, 4.69) is 20.4 Å². The molecule has 0 N–H and O–H groups in total. The Morgan fingerprint density at radius 1 is 1.10 bits per heavy atom. The summed E-state index contributed by atoms with van der Waals surface area (Å²) < 4.78 is 3.55. The van der Waals surface area contributed by atoms with Gasteiger partial charge in [0.2, 0.25) is 0 Å². The fraction of sp³-hybridized carbons (Fsp3) is 0.231. The number of rotatable bonds is 5. The van der Waals surface area contributed by atoms with Crippen molar-refractivity contribution in [1.82, 2.24) is 29.8 Å². The maximum atomic E-state index is 5.86. The molecule has 0 aliphatic heterocycles. The van der Waals surface area contributed by atoms with Crippen LogP contribution < -0.4 is 0 Å². The van der Waals surface area contributed by atoms with E-state index in [9.17, 15) is 0 Å². The minimum Gasteiger partial charge on any atom is -0.252 e. The predicted octanol–water partition coefficient (Wildman–Crippen LogP) is 1.81. The highest BCUT2D eigenvalue weighted by Gasteiger charge is 2.02. The van der Waals surface area contributed by atoms with Crippen LogP contribution in [0.3, 0.4) is 0 Å². The van der Waals surface area contributed by atoms with Crippen molar-refractivity contribution in [3.05, 3.63) is 59.4 Å². The molecular formula is C13H13ClN6. The second-order valence-electron chi connectivity index (χ2n) is 4.44. The second kappa shape index (κ2) is 5.83. The molecule has 0 bridgehead atoms. The SMILES string of the molecule is Clc1ccc(CCn2cc(Cn3cncn3)nn2)cc1. The third-order valence-corrected chi connectivity index (χ3v) is 3.17. The van der Waals surface area contributed by atoms with E-state index in [0.717, 1.165) is 23.7 Å². The molecule has 0 spiro atoms. The second-order valence-corrected chi connectivity index (χ2v) is 4.88. The van der Waals surface area contributed by atoms with E-state index in [1.165, 1.54) is 11.9 Å². The lowest BCUT2D eigenvalue weighted by atomic mass is 10.1. The van der Waals surface area contributed by atoms with Crippen LogP contribution >= 0.6 is 11.6 Å². The van der Waals surface area contributed by atoms with Crippen molar-refractivity contribution in [2.24, 2.45) is 0 Å². The standard InChI is InChI=1S/C13H13ClN6/c14-12-3-1-11(2-4-12)5-6-19-7-13(17-18-19)8-20-10-15-9-16-20/h1-4,7,9-10H,5-6,8H2. The van der Waals surface area contributed by atoms with Gasteiger partial charge >= 0.3 is 0 Å². The van der Waals surface area contributed by atoms with Gasteiger partial charge in [0.05, 0.1) is 12.7 Å². The van der Waals surface area contributed by atoms with Gasteiger partial charge in [-0.25, -0.2) is 9.67 Å². The number of aromatic nitrogens is 6. The van der Waals surface area contributed by atoms with Crippen LogP contribution in [0.1, 0.15) is 11.3 Å². The molecule has 2 aromatic heterocycles. The van der Waals surface area contributed by atoms with Crippen molar-refractivity contribution in [2.45, 2.75) is 19.5 Å². The zero-order chi connectivity index (χ0) is 13.8. The summed E-state index contributed by atoms with van der Waals surface area (Å²) in [6.45, 7) is 1.37. The lowest BCUT2D eigenvalue weighted by Crippen LogP contribution is -2.02. The number of hydrogen-bond acceptors (Lipinski definition) is 4. The van der Waals surface area contributed by atoms with Gasteiger partial charge in [-0.1, -0.05) is 28.9 Å². The smallest absolute Gasteiger partial charge is 0.137 e. The lowest BCUT2D eigenvalue weighted by Gasteiger charge is -2.01. The summed E-state index contributed by atoms with van der Waals surface area (Å²) in [5.74, 6) is 0. The molecule has 0 aliphatic carbocycles. The Kier molecular flexibility index (Phi) is 3.73. The van der Waals surface area contributed by atoms with Crippen LogP contribution in [0.2, 0.25) is 5.02 Å². The molecule has 20 heavy (non-hydrogen) atoms. The highest BCUT2D eigenvalue weighted by Crippen LogP contribution is 2.10. The van der Waals surface area contributed by atoms with Gasteiger partial charge < -0.3 is 0 Å². The van der Waals surface area contributed by atoms with Gasteiger partial charge in [-0.3, -0.25) is 4.68 Å². The average molecular weight is 289 g/mol. The molecule has 7 heteroatoms. The van der Waals surface area contributed by atoms with E-state index in [-0.39, 0.29) is 0 Å². The van der Waals surface area contributed by atoms with E-state index in [0.29, 0.717) is 6.54 Å². The fourth-order valence-corrected chi connectivity index (χ4v) is 2.02. The number of halogens is 1. The van der Waals surface area contributed by atoms with Crippen molar-refractivity contribution in [3.8, 4) is 0 Å². The predicted molar refractivity (Wildman–Crippen MR) is 74.3 cm³/mol. The molecule has 1 aromatic carbocycles. The Bertz CT molecular complexity index is 658. The molecule has 0 saturated carbocycles. The van der Waals surface area contributed by atoms with Gasteiger partial charge in [0, 0.05) is 11.6 Å². The van der Waals surface area contributed by atoms with E-state index in [4.69, 9.17) is 11.6 Å². The maximum Gasteiger partial charge on any atom is 0.137 e. The summed E-state index contributed by atoms with van der Waals surface area (Å²) in [5.41, 5.74) is 2.09. The summed E-state index contributed by atoms with van der Waals surface area (Å²) in [6, 6.07) is 7.84.